The number of amides is 2. The van der Waals surface area contributed by atoms with Gasteiger partial charge in [-0.05, 0) is 48.2 Å². The molecule has 1 saturated heterocycles. The third-order valence-electron chi connectivity index (χ3n) is 5.66. The highest BCUT2D eigenvalue weighted by molar-refractivity contribution is 6.31. The highest BCUT2D eigenvalue weighted by Crippen LogP contribution is 2.31. The van der Waals surface area contributed by atoms with Gasteiger partial charge >= 0.3 is 0 Å². The van der Waals surface area contributed by atoms with Crippen LogP contribution in [0, 0.1) is 6.92 Å². The van der Waals surface area contributed by atoms with Gasteiger partial charge in [0, 0.05) is 37.6 Å². The van der Waals surface area contributed by atoms with E-state index in [2.05, 4.69) is 24.1 Å². The summed E-state index contributed by atoms with van der Waals surface area (Å²) in [4.78, 5) is 28.7. The maximum atomic E-state index is 12.7. The van der Waals surface area contributed by atoms with E-state index in [4.69, 9.17) is 16.3 Å². The molecule has 2 amide bonds. The van der Waals surface area contributed by atoms with Crippen LogP contribution >= 0.6 is 11.6 Å². The lowest BCUT2D eigenvalue weighted by Gasteiger charge is -2.37. The SMILES string of the molecule is CCC(=O)N1CCN(c2ccc(Cl)cc2NC(=O)COc2cc(C)ccc2C(C)C)CC1. The quantitative estimate of drug-likeness (QED) is 0.645. The molecule has 1 fully saturated rings. The third kappa shape index (κ3) is 5.94. The molecule has 0 radical (unpaired) electrons. The lowest BCUT2D eigenvalue weighted by Crippen LogP contribution is -2.48. The van der Waals surface area contributed by atoms with E-state index in [9.17, 15) is 9.59 Å². The Balaban J connectivity index is 1.68. The molecular weight excluding hydrogens is 426 g/mol. The Morgan fingerprint density at radius 1 is 1.09 bits per heavy atom. The fourth-order valence-electron chi connectivity index (χ4n) is 3.88. The van der Waals surface area contributed by atoms with E-state index < -0.39 is 0 Å². The predicted molar refractivity (Wildman–Crippen MR) is 130 cm³/mol. The van der Waals surface area contributed by atoms with Crippen molar-refractivity contribution in [3.63, 3.8) is 0 Å². The molecule has 172 valence electrons. The smallest absolute Gasteiger partial charge is 0.262 e. The van der Waals surface area contributed by atoms with Gasteiger partial charge in [-0.1, -0.05) is 44.5 Å². The van der Waals surface area contributed by atoms with E-state index in [1.165, 1.54) is 0 Å². The molecule has 3 rings (SSSR count). The number of rotatable bonds is 7. The van der Waals surface area contributed by atoms with Crippen molar-refractivity contribution in [3.05, 3.63) is 52.5 Å². The molecule has 1 N–H and O–H groups in total. The zero-order valence-electron chi connectivity index (χ0n) is 19.3. The number of carbonyl (C=O) groups is 2. The fraction of sp³-hybridized carbons (Fsp3) is 0.440. The maximum Gasteiger partial charge on any atom is 0.262 e. The van der Waals surface area contributed by atoms with Crippen LogP contribution in [0.2, 0.25) is 5.02 Å². The van der Waals surface area contributed by atoms with Gasteiger partial charge in [0.2, 0.25) is 5.91 Å². The number of ether oxygens (including phenoxy) is 1. The number of nitrogens with one attached hydrogen (secondary N) is 1. The summed E-state index contributed by atoms with van der Waals surface area (Å²) in [7, 11) is 0. The minimum absolute atomic E-state index is 0.0894. The number of anilines is 2. The predicted octanol–water partition coefficient (Wildman–Crippen LogP) is 4.85. The number of hydrogen-bond acceptors (Lipinski definition) is 4. The number of halogens is 1. The zero-order valence-corrected chi connectivity index (χ0v) is 20.0. The van der Waals surface area contributed by atoms with Gasteiger partial charge in [-0.3, -0.25) is 9.59 Å². The minimum atomic E-state index is -0.246. The average molecular weight is 458 g/mol. The summed E-state index contributed by atoms with van der Waals surface area (Å²) < 4.78 is 5.88. The molecule has 0 atom stereocenters. The molecule has 0 saturated carbocycles. The summed E-state index contributed by atoms with van der Waals surface area (Å²) in [6, 6.07) is 11.5. The summed E-state index contributed by atoms with van der Waals surface area (Å²) in [5, 5.41) is 3.50. The van der Waals surface area contributed by atoms with Crippen molar-refractivity contribution in [2.24, 2.45) is 0 Å². The van der Waals surface area contributed by atoms with Crippen LogP contribution < -0.4 is 15.0 Å². The van der Waals surface area contributed by atoms with Crippen molar-refractivity contribution in [2.75, 3.05) is 43.0 Å². The number of piperazine rings is 1. The summed E-state index contributed by atoms with van der Waals surface area (Å²) in [6.45, 7) is 10.7. The summed E-state index contributed by atoms with van der Waals surface area (Å²) in [5.74, 6) is 0.956. The van der Waals surface area contributed by atoms with Crippen LogP contribution in [0.15, 0.2) is 36.4 Å². The van der Waals surface area contributed by atoms with E-state index in [1.54, 1.807) is 6.07 Å². The van der Waals surface area contributed by atoms with Crippen LogP contribution in [0.25, 0.3) is 0 Å². The zero-order chi connectivity index (χ0) is 23.3. The molecule has 0 unspecified atom stereocenters. The van der Waals surface area contributed by atoms with E-state index in [-0.39, 0.29) is 18.4 Å². The molecule has 2 aromatic carbocycles. The second-order valence-corrected chi connectivity index (χ2v) is 8.85. The maximum absolute atomic E-state index is 12.7. The van der Waals surface area contributed by atoms with Gasteiger partial charge in [-0.25, -0.2) is 0 Å². The molecule has 6 nitrogen and oxygen atoms in total. The van der Waals surface area contributed by atoms with Crippen LogP contribution in [0.5, 0.6) is 5.75 Å². The molecule has 1 aliphatic heterocycles. The van der Waals surface area contributed by atoms with Crippen LogP contribution in [-0.2, 0) is 9.59 Å². The van der Waals surface area contributed by atoms with Crippen LogP contribution in [-0.4, -0.2) is 49.5 Å². The molecule has 0 aromatic heterocycles. The first-order valence-electron chi connectivity index (χ1n) is 11.1. The highest BCUT2D eigenvalue weighted by Gasteiger charge is 2.22. The third-order valence-corrected chi connectivity index (χ3v) is 5.89. The minimum Gasteiger partial charge on any atom is -0.483 e. The molecule has 2 aromatic rings. The molecule has 7 heteroatoms. The lowest BCUT2D eigenvalue weighted by molar-refractivity contribution is -0.131. The van der Waals surface area contributed by atoms with Crippen LogP contribution in [0.3, 0.4) is 0 Å². The topological polar surface area (TPSA) is 61.9 Å². The van der Waals surface area contributed by atoms with Gasteiger partial charge in [0.25, 0.3) is 5.91 Å². The summed E-state index contributed by atoms with van der Waals surface area (Å²) >= 11 is 6.21. The van der Waals surface area contributed by atoms with E-state index >= 15 is 0 Å². The van der Waals surface area contributed by atoms with E-state index in [1.807, 2.05) is 49.1 Å². The second-order valence-electron chi connectivity index (χ2n) is 8.42. The Bertz CT molecular complexity index is 969. The van der Waals surface area contributed by atoms with Crippen molar-refractivity contribution >= 4 is 34.8 Å². The normalized spacial score (nSPS) is 13.9. The van der Waals surface area contributed by atoms with Gasteiger partial charge in [0.05, 0.1) is 11.4 Å². The number of nitrogens with zero attached hydrogens (tertiary/aromatic N) is 2. The Morgan fingerprint density at radius 2 is 1.81 bits per heavy atom. The van der Waals surface area contributed by atoms with Crippen molar-refractivity contribution in [2.45, 2.75) is 40.0 Å². The van der Waals surface area contributed by atoms with E-state index in [0.717, 1.165) is 22.6 Å². The van der Waals surface area contributed by atoms with Gasteiger partial charge < -0.3 is 19.9 Å². The second kappa shape index (κ2) is 10.7. The Morgan fingerprint density at radius 3 is 2.47 bits per heavy atom. The largest absolute Gasteiger partial charge is 0.483 e. The van der Waals surface area contributed by atoms with Crippen LogP contribution in [0.1, 0.15) is 44.2 Å². The van der Waals surface area contributed by atoms with Crippen molar-refractivity contribution < 1.29 is 14.3 Å². The van der Waals surface area contributed by atoms with Gasteiger partial charge in [-0.15, -0.1) is 0 Å². The van der Waals surface area contributed by atoms with Gasteiger partial charge in [0.15, 0.2) is 6.61 Å². The molecule has 32 heavy (non-hydrogen) atoms. The monoisotopic (exact) mass is 457 g/mol. The fourth-order valence-corrected chi connectivity index (χ4v) is 4.05. The molecule has 1 heterocycles. The van der Waals surface area contributed by atoms with Gasteiger partial charge in [0.1, 0.15) is 5.75 Å². The van der Waals surface area contributed by atoms with Crippen molar-refractivity contribution in [3.8, 4) is 5.75 Å². The number of hydrogen-bond donors (Lipinski definition) is 1. The molecule has 1 aliphatic rings. The first-order valence-corrected chi connectivity index (χ1v) is 11.5. The Hall–Kier alpha value is -2.73. The highest BCUT2D eigenvalue weighted by atomic mass is 35.5. The first kappa shape index (κ1) is 23.9. The van der Waals surface area contributed by atoms with Crippen LogP contribution in [0.4, 0.5) is 11.4 Å². The molecular formula is C25H32ClN3O3. The van der Waals surface area contributed by atoms with Crippen molar-refractivity contribution in [1.29, 1.82) is 0 Å². The number of benzene rings is 2. The Kier molecular flexibility index (Phi) is 8.02. The van der Waals surface area contributed by atoms with Crippen molar-refractivity contribution in [1.82, 2.24) is 4.90 Å². The standard InChI is InChI=1S/C25H32ClN3O3/c1-5-25(31)29-12-10-28(11-13-29)22-9-7-19(26)15-21(22)27-24(30)16-32-23-14-18(4)6-8-20(23)17(2)3/h6-9,14-15,17H,5,10-13,16H2,1-4H3,(H,27,30). The lowest BCUT2D eigenvalue weighted by atomic mass is 10.0. The Labute approximate surface area is 195 Å². The number of carbonyl (C=O) groups excluding carboxylic acids is 2. The number of aryl methyl sites for hydroxylation is 1. The summed E-state index contributed by atoms with van der Waals surface area (Å²) in [5.41, 5.74) is 3.70. The molecule has 0 spiro atoms. The average Bonchev–Trinajstić information content (AvgIpc) is 2.77. The molecule has 0 bridgehead atoms. The summed E-state index contributed by atoms with van der Waals surface area (Å²) in [6.07, 6.45) is 0.516. The first-order chi connectivity index (χ1) is 15.3. The molecule has 0 aliphatic carbocycles. The van der Waals surface area contributed by atoms with Gasteiger partial charge in [-0.2, -0.15) is 0 Å². The van der Waals surface area contributed by atoms with E-state index in [0.29, 0.717) is 49.2 Å².